The van der Waals surface area contributed by atoms with E-state index in [2.05, 4.69) is 5.32 Å². The predicted molar refractivity (Wildman–Crippen MR) is 103 cm³/mol. The number of carboxylic acid groups (broad SMARTS) is 1. The second kappa shape index (κ2) is 6.91. The molecule has 5 nitrogen and oxygen atoms in total. The average Bonchev–Trinajstić information content (AvgIpc) is 3.10. The smallest absolute Gasteiger partial charge is 0.345 e. The van der Waals surface area contributed by atoms with E-state index in [-0.39, 0.29) is 22.4 Å². The Labute approximate surface area is 165 Å². The Morgan fingerprint density at radius 3 is 2.70 bits per heavy atom. The Morgan fingerprint density at radius 1 is 1.15 bits per heavy atom. The van der Waals surface area contributed by atoms with Crippen LogP contribution in [0.1, 0.15) is 28.3 Å². The molecule has 3 atom stereocenters. The first-order valence-corrected chi connectivity index (χ1v) is 9.17. The van der Waals surface area contributed by atoms with Crippen LogP contribution in [-0.2, 0) is 4.79 Å². The second-order valence-corrected chi connectivity index (χ2v) is 7.42. The van der Waals surface area contributed by atoms with Gasteiger partial charge in [0.25, 0.3) is 0 Å². The van der Waals surface area contributed by atoms with E-state index in [1.54, 1.807) is 24.3 Å². The van der Waals surface area contributed by atoms with E-state index in [0.29, 0.717) is 17.2 Å². The highest BCUT2D eigenvalue weighted by Crippen LogP contribution is 2.45. The summed E-state index contributed by atoms with van der Waals surface area (Å²) in [5.41, 5.74) is 1.87. The Kier molecular flexibility index (Phi) is 4.58. The summed E-state index contributed by atoms with van der Waals surface area (Å²) in [4.78, 5) is 24.0. The number of aliphatic carboxylic acids is 1. The van der Waals surface area contributed by atoms with Gasteiger partial charge in [-0.25, -0.2) is 9.59 Å². The summed E-state index contributed by atoms with van der Waals surface area (Å²) < 4.78 is 5.48. The quantitative estimate of drug-likeness (QED) is 0.439. The van der Waals surface area contributed by atoms with E-state index in [1.807, 2.05) is 12.2 Å². The number of carbonyl (C=O) groups is 2. The van der Waals surface area contributed by atoms with Crippen LogP contribution in [0.4, 0.5) is 5.69 Å². The number of carbonyl (C=O) groups excluding carboxylic acids is 1. The third-order valence-corrected chi connectivity index (χ3v) is 5.51. The van der Waals surface area contributed by atoms with Gasteiger partial charge in [0, 0.05) is 22.5 Å². The number of carboxylic acids is 1. The van der Waals surface area contributed by atoms with Crippen molar-refractivity contribution < 1.29 is 19.4 Å². The summed E-state index contributed by atoms with van der Waals surface area (Å²) in [7, 11) is 0. The maximum Gasteiger partial charge on any atom is 0.345 e. The summed E-state index contributed by atoms with van der Waals surface area (Å²) in [6.45, 7) is 0. The van der Waals surface area contributed by atoms with Crippen LogP contribution in [0, 0.1) is 5.92 Å². The molecule has 2 aromatic carbocycles. The van der Waals surface area contributed by atoms with Gasteiger partial charge in [-0.3, -0.25) is 0 Å². The number of hydrogen-bond acceptors (Lipinski definition) is 4. The summed E-state index contributed by atoms with van der Waals surface area (Å²) in [6, 6.07) is 9.07. The number of rotatable bonds is 3. The highest BCUT2D eigenvalue weighted by Gasteiger charge is 2.40. The molecule has 1 aliphatic heterocycles. The van der Waals surface area contributed by atoms with Gasteiger partial charge in [-0.15, -0.1) is 0 Å². The first kappa shape index (κ1) is 17.9. The fourth-order valence-electron chi connectivity index (χ4n) is 3.70. The number of allylic oxidation sites excluding steroid dienone is 2. The van der Waals surface area contributed by atoms with Gasteiger partial charge in [0.05, 0.1) is 10.6 Å². The molecule has 0 aromatic heterocycles. The molecular weight excluding hydrogens is 389 g/mol. The van der Waals surface area contributed by atoms with Gasteiger partial charge in [-0.05, 0) is 48.4 Å². The monoisotopic (exact) mass is 403 g/mol. The Bertz CT molecular complexity index is 972. The van der Waals surface area contributed by atoms with Gasteiger partial charge in [0.15, 0.2) is 0 Å². The molecule has 0 radical (unpaired) electrons. The molecule has 2 aliphatic rings. The normalized spacial score (nSPS) is 22.5. The van der Waals surface area contributed by atoms with Crippen molar-refractivity contribution in [2.45, 2.75) is 18.4 Å². The van der Waals surface area contributed by atoms with Crippen molar-refractivity contribution in [2.75, 3.05) is 5.32 Å². The van der Waals surface area contributed by atoms with Crippen molar-refractivity contribution in [1.82, 2.24) is 0 Å². The fourth-order valence-corrected chi connectivity index (χ4v) is 4.18. The van der Waals surface area contributed by atoms with E-state index in [9.17, 15) is 14.7 Å². The SMILES string of the molecule is O=C(Oc1ccc2c(c1)[C@@H]1C=CC[C@@H]1[C@H](C(=O)O)N2)c1ccc(Cl)cc1Cl. The lowest BCUT2D eigenvalue weighted by atomic mass is 9.79. The summed E-state index contributed by atoms with van der Waals surface area (Å²) in [6.07, 6.45) is 4.70. The molecule has 0 unspecified atom stereocenters. The van der Waals surface area contributed by atoms with E-state index < -0.39 is 18.0 Å². The fraction of sp³-hybridized carbons (Fsp3) is 0.200. The maximum absolute atomic E-state index is 12.4. The largest absolute Gasteiger partial charge is 0.480 e. The lowest BCUT2D eigenvalue weighted by molar-refractivity contribution is -0.139. The summed E-state index contributed by atoms with van der Waals surface area (Å²) >= 11 is 11.9. The molecule has 7 heteroatoms. The van der Waals surface area contributed by atoms with Crippen LogP contribution in [0.15, 0.2) is 48.6 Å². The zero-order valence-electron chi connectivity index (χ0n) is 14.0. The van der Waals surface area contributed by atoms with Crippen molar-refractivity contribution in [1.29, 1.82) is 0 Å². The second-order valence-electron chi connectivity index (χ2n) is 6.58. The lowest BCUT2D eigenvalue weighted by Crippen LogP contribution is -2.41. The van der Waals surface area contributed by atoms with Gasteiger partial charge >= 0.3 is 11.9 Å². The number of fused-ring (bicyclic) bond motifs is 3. The number of ether oxygens (including phenoxy) is 1. The standard InChI is InChI=1S/C20H15Cl2NO4/c21-10-4-6-14(16(22)8-10)20(26)27-11-5-7-17-15(9-11)12-2-1-3-13(12)18(23-17)19(24)25/h1-2,4-9,12-13,18,23H,3H2,(H,24,25)/t12-,13+,18-/m1/s1. The molecule has 0 fully saturated rings. The lowest BCUT2D eigenvalue weighted by Gasteiger charge is -2.34. The number of esters is 1. The van der Waals surface area contributed by atoms with Crippen LogP contribution in [0.5, 0.6) is 5.75 Å². The Balaban J connectivity index is 1.62. The molecule has 27 heavy (non-hydrogen) atoms. The van der Waals surface area contributed by atoms with E-state index in [1.165, 1.54) is 12.1 Å². The first-order valence-electron chi connectivity index (χ1n) is 8.41. The molecule has 1 aliphatic carbocycles. The van der Waals surface area contributed by atoms with Crippen LogP contribution in [0.25, 0.3) is 0 Å². The van der Waals surface area contributed by atoms with Crippen LogP contribution in [-0.4, -0.2) is 23.1 Å². The Hall–Kier alpha value is -2.50. The van der Waals surface area contributed by atoms with Gasteiger partial charge < -0.3 is 15.2 Å². The molecule has 2 aromatic rings. The third-order valence-electron chi connectivity index (χ3n) is 4.96. The van der Waals surface area contributed by atoms with Crippen LogP contribution in [0.3, 0.4) is 0 Å². The van der Waals surface area contributed by atoms with Crippen LogP contribution >= 0.6 is 23.2 Å². The summed E-state index contributed by atoms with van der Waals surface area (Å²) in [5, 5.41) is 13.2. The topological polar surface area (TPSA) is 75.6 Å². The number of anilines is 1. The van der Waals surface area contributed by atoms with Crippen molar-refractivity contribution in [2.24, 2.45) is 5.92 Å². The molecule has 4 rings (SSSR count). The molecule has 0 saturated carbocycles. The molecule has 0 amide bonds. The average molecular weight is 404 g/mol. The minimum absolute atomic E-state index is 0.0277. The van der Waals surface area contributed by atoms with E-state index in [0.717, 1.165) is 11.3 Å². The number of benzene rings is 2. The number of nitrogens with one attached hydrogen (secondary N) is 1. The minimum atomic E-state index is -0.868. The maximum atomic E-state index is 12.4. The molecular formula is C20H15Cl2NO4. The van der Waals surface area contributed by atoms with Crippen molar-refractivity contribution >= 4 is 40.8 Å². The Morgan fingerprint density at radius 2 is 1.96 bits per heavy atom. The highest BCUT2D eigenvalue weighted by atomic mass is 35.5. The number of hydrogen-bond donors (Lipinski definition) is 2. The van der Waals surface area contributed by atoms with Gasteiger partial charge in [-0.1, -0.05) is 35.4 Å². The zero-order chi connectivity index (χ0) is 19.1. The van der Waals surface area contributed by atoms with Crippen molar-refractivity contribution in [3.63, 3.8) is 0 Å². The van der Waals surface area contributed by atoms with Crippen LogP contribution in [0.2, 0.25) is 10.0 Å². The highest BCUT2D eigenvalue weighted by molar-refractivity contribution is 6.36. The zero-order valence-corrected chi connectivity index (χ0v) is 15.5. The van der Waals surface area contributed by atoms with Crippen LogP contribution < -0.4 is 10.1 Å². The van der Waals surface area contributed by atoms with Gasteiger partial charge in [-0.2, -0.15) is 0 Å². The molecule has 0 bridgehead atoms. The molecule has 138 valence electrons. The van der Waals surface area contributed by atoms with Gasteiger partial charge in [0.1, 0.15) is 11.8 Å². The van der Waals surface area contributed by atoms with Gasteiger partial charge in [0.2, 0.25) is 0 Å². The van der Waals surface area contributed by atoms with E-state index in [4.69, 9.17) is 27.9 Å². The number of halogens is 2. The minimum Gasteiger partial charge on any atom is -0.480 e. The molecule has 2 N–H and O–H groups in total. The van der Waals surface area contributed by atoms with Crippen molar-refractivity contribution in [3.05, 3.63) is 69.7 Å². The summed E-state index contributed by atoms with van der Waals surface area (Å²) in [5.74, 6) is -1.17. The van der Waals surface area contributed by atoms with Crippen molar-refractivity contribution in [3.8, 4) is 5.75 Å². The third kappa shape index (κ3) is 3.29. The predicted octanol–water partition coefficient (Wildman–Crippen LogP) is 4.75. The molecule has 0 saturated heterocycles. The molecule has 1 heterocycles. The first-order chi connectivity index (χ1) is 12.9. The van der Waals surface area contributed by atoms with E-state index >= 15 is 0 Å². The molecule has 0 spiro atoms.